The maximum atomic E-state index is 4.29. The van der Waals surface area contributed by atoms with Gasteiger partial charge in [-0.2, -0.15) is 0 Å². The minimum absolute atomic E-state index is 0. The lowest BCUT2D eigenvalue weighted by Gasteiger charge is -2.31. The standard InChI is InChI=1S/C11H18N4.ClH/c1-12-10-2-6-15(7-3-10)9-11-8-13-4-5-14-11;/h4-5,8,10,12H,2-3,6-7,9H2,1H3;1H. The molecule has 0 spiro atoms. The van der Waals surface area contributed by atoms with E-state index < -0.39 is 0 Å². The number of halogens is 1. The Morgan fingerprint density at radius 2 is 2.12 bits per heavy atom. The van der Waals surface area contributed by atoms with E-state index in [0.717, 1.165) is 25.3 Å². The molecule has 2 heterocycles. The SMILES string of the molecule is CNC1CCN(Cc2cnccn2)CC1.Cl. The zero-order valence-corrected chi connectivity index (χ0v) is 10.4. The molecule has 1 aliphatic heterocycles. The van der Waals surface area contributed by atoms with Crippen LogP contribution < -0.4 is 5.32 Å². The van der Waals surface area contributed by atoms with E-state index in [1.54, 1.807) is 12.4 Å². The highest BCUT2D eigenvalue weighted by molar-refractivity contribution is 5.85. The number of nitrogens with one attached hydrogen (secondary N) is 1. The van der Waals surface area contributed by atoms with E-state index in [1.165, 1.54) is 12.8 Å². The van der Waals surface area contributed by atoms with Crippen LogP contribution in [0.25, 0.3) is 0 Å². The van der Waals surface area contributed by atoms with Crippen LogP contribution in [-0.4, -0.2) is 41.0 Å². The van der Waals surface area contributed by atoms with Crippen LogP contribution in [0.5, 0.6) is 0 Å². The fourth-order valence-corrected chi connectivity index (χ4v) is 2.02. The molecule has 1 N–H and O–H groups in total. The molecule has 1 aromatic heterocycles. The first kappa shape index (κ1) is 13.4. The number of likely N-dealkylation sites (tertiary alicyclic amines) is 1. The van der Waals surface area contributed by atoms with E-state index >= 15 is 0 Å². The third-order valence-corrected chi connectivity index (χ3v) is 3.00. The van der Waals surface area contributed by atoms with Gasteiger partial charge in [-0.25, -0.2) is 0 Å². The summed E-state index contributed by atoms with van der Waals surface area (Å²) in [6.45, 7) is 3.24. The van der Waals surface area contributed by atoms with Crippen molar-refractivity contribution < 1.29 is 0 Å². The fourth-order valence-electron chi connectivity index (χ4n) is 2.02. The minimum atomic E-state index is 0. The Labute approximate surface area is 103 Å². The minimum Gasteiger partial charge on any atom is -0.317 e. The predicted molar refractivity (Wildman–Crippen MR) is 66.6 cm³/mol. The summed E-state index contributed by atoms with van der Waals surface area (Å²) in [7, 11) is 2.04. The number of hydrogen-bond donors (Lipinski definition) is 1. The molecular weight excluding hydrogens is 224 g/mol. The van der Waals surface area contributed by atoms with Crippen LogP contribution in [0.2, 0.25) is 0 Å². The van der Waals surface area contributed by atoms with E-state index in [2.05, 4.69) is 20.2 Å². The molecule has 16 heavy (non-hydrogen) atoms. The second-order valence-electron chi connectivity index (χ2n) is 4.04. The fraction of sp³-hybridized carbons (Fsp3) is 0.636. The van der Waals surface area contributed by atoms with Crippen molar-refractivity contribution in [2.24, 2.45) is 0 Å². The maximum Gasteiger partial charge on any atom is 0.0726 e. The monoisotopic (exact) mass is 242 g/mol. The Kier molecular flexibility index (Phi) is 5.66. The van der Waals surface area contributed by atoms with Crippen LogP contribution in [0.3, 0.4) is 0 Å². The molecule has 1 aromatic rings. The van der Waals surface area contributed by atoms with Crippen molar-refractivity contribution in [3.05, 3.63) is 24.3 Å². The lowest BCUT2D eigenvalue weighted by Crippen LogP contribution is -2.40. The Morgan fingerprint density at radius 3 is 2.69 bits per heavy atom. The van der Waals surface area contributed by atoms with Crippen molar-refractivity contribution in [3.63, 3.8) is 0 Å². The van der Waals surface area contributed by atoms with E-state index in [9.17, 15) is 0 Å². The summed E-state index contributed by atoms with van der Waals surface area (Å²) in [5, 5.41) is 3.33. The van der Waals surface area contributed by atoms with Gasteiger partial charge in [0.15, 0.2) is 0 Å². The zero-order valence-electron chi connectivity index (χ0n) is 9.59. The highest BCUT2D eigenvalue weighted by Gasteiger charge is 2.17. The normalized spacial score (nSPS) is 18.1. The summed E-state index contributed by atoms with van der Waals surface area (Å²) >= 11 is 0. The van der Waals surface area contributed by atoms with Gasteiger partial charge in [-0.1, -0.05) is 0 Å². The molecule has 90 valence electrons. The van der Waals surface area contributed by atoms with E-state index in [4.69, 9.17) is 0 Å². The highest BCUT2D eigenvalue weighted by atomic mass is 35.5. The van der Waals surface area contributed by atoms with Crippen molar-refractivity contribution in [2.45, 2.75) is 25.4 Å². The van der Waals surface area contributed by atoms with Gasteiger partial charge in [0.25, 0.3) is 0 Å². The topological polar surface area (TPSA) is 41.0 Å². The molecule has 1 aliphatic rings. The van der Waals surface area contributed by atoms with Gasteiger partial charge in [-0.05, 0) is 19.9 Å². The third kappa shape index (κ3) is 3.70. The molecule has 0 aromatic carbocycles. The van der Waals surface area contributed by atoms with Gasteiger partial charge in [0, 0.05) is 44.3 Å². The lowest BCUT2D eigenvalue weighted by molar-refractivity contribution is 0.192. The molecule has 0 atom stereocenters. The molecule has 2 rings (SSSR count). The van der Waals surface area contributed by atoms with Crippen LogP contribution in [0.4, 0.5) is 0 Å². The van der Waals surface area contributed by atoms with Gasteiger partial charge >= 0.3 is 0 Å². The number of rotatable bonds is 3. The van der Waals surface area contributed by atoms with Crippen LogP contribution >= 0.6 is 12.4 Å². The van der Waals surface area contributed by atoms with Crippen molar-refractivity contribution in [3.8, 4) is 0 Å². The van der Waals surface area contributed by atoms with E-state index in [0.29, 0.717) is 6.04 Å². The average molecular weight is 243 g/mol. The number of piperidine rings is 1. The van der Waals surface area contributed by atoms with Crippen molar-refractivity contribution in [2.75, 3.05) is 20.1 Å². The molecule has 1 fully saturated rings. The molecule has 0 saturated carbocycles. The quantitative estimate of drug-likeness (QED) is 0.862. The largest absolute Gasteiger partial charge is 0.317 e. The molecular formula is C11H19ClN4. The summed E-state index contributed by atoms with van der Waals surface area (Å²) in [5.41, 5.74) is 1.07. The van der Waals surface area contributed by atoms with Crippen LogP contribution in [0.15, 0.2) is 18.6 Å². The van der Waals surface area contributed by atoms with Crippen LogP contribution in [0.1, 0.15) is 18.5 Å². The molecule has 5 heteroatoms. The summed E-state index contributed by atoms with van der Waals surface area (Å²) in [4.78, 5) is 10.8. The van der Waals surface area contributed by atoms with Gasteiger partial charge in [-0.3, -0.25) is 14.9 Å². The lowest BCUT2D eigenvalue weighted by atomic mass is 10.1. The Morgan fingerprint density at radius 1 is 1.38 bits per heavy atom. The Bertz CT molecular complexity index is 285. The van der Waals surface area contributed by atoms with E-state index in [-0.39, 0.29) is 12.4 Å². The zero-order chi connectivity index (χ0) is 10.5. The maximum absolute atomic E-state index is 4.29. The van der Waals surface area contributed by atoms with Crippen molar-refractivity contribution in [1.82, 2.24) is 20.2 Å². The van der Waals surface area contributed by atoms with Gasteiger partial charge in [0.05, 0.1) is 5.69 Å². The second kappa shape index (κ2) is 6.78. The molecule has 0 aliphatic carbocycles. The molecule has 0 radical (unpaired) electrons. The smallest absolute Gasteiger partial charge is 0.0726 e. The van der Waals surface area contributed by atoms with Gasteiger partial charge in [-0.15, -0.1) is 12.4 Å². The average Bonchev–Trinajstić information content (AvgIpc) is 2.31. The number of aromatic nitrogens is 2. The summed E-state index contributed by atoms with van der Waals surface area (Å²) in [6.07, 6.45) is 7.80. The molecule has 1 saturated heterocycles. The van der Waals surface area contributed by atoms with E-state index in [1.807, 2.05) is 13.2 Å². The summed E-state index contributed by atoms with van der Waals surface area (Å²) in [5.74, 6) is 0. The predicted octanol–water partition coefficient (Wildman–Crippen LogP) is 1.08. The third-order valence-electron chi connectivity index (χ3n) is 3.00. The molecule has 0 bridgehead atoms. The number of hydrogen-bond acceptors (Lipinski definition) is 4. The first-order valence-electron chi connectivity index (χ1n) is 5.53. The second-order valence-corrected chi connectivity index (χ2v) is 4.04. The molecule has 0 unspecified atom stereocenters. The van der Waals surface area contributed by atoms with Crippen molar-refractivity contribution in [1.29, 1.82) is 0 Å². The Hall–Kier alpha value is -0.710. The van der Waals surface area contributed by atoms with Crippen molar-refractivity contribution >= 4 is 12.4 Å². The highest BCUT2D eigenvalue weighted by Crippen LogP contribution is 2.11. The Balaban J connectivity index is 0.00000128. The van der Waals surface area contributed by atoms with Gasteiger partial charge < -0.3 is 5.32 Å². The first-order chi connectivity index (χ1) is 7.38. The summed E-state index contributed by atoms with van der Waals surface area (Å²) in [6, 6.07) is 0.697. The van der Waals surface area contributed by atoms with Gasteiger partial charge in [0.1, 0.15) is 0 Å². The molecule has 0 amide bonds. The van der Waals surface area contributed by atoms with Crippen LogP contribution in [0, 0.1) is 0 Å². The first-order valence-corrected chi connectivity index (χ1v) is 5.53. The van der Waals surface area contributed by atoms with Gasteiger partial charge in [0.2, 0.25) is 0 Å². The number of nitrogens with zero attached hydrogens (tertiary/aromatic N) is 3. The van der Waals surface area contributed by atoms with Crippen LogP contribution in [-0.2, 0) is 6.54 Å². The summed E-state index contributed by atoms with van der Waals surface area (Å²) < 4.78 is 0. The molecule has 4 nitrogen and oxygen atoms in total.